The minimum Gasteiger partial charge on any atom is -0.320 e. The van der Waals surface area contributed by atoms with Gasteiger partial charge in [0.2, 0.25) is 0 Å². The number of rotatable bonds is 2. The van der Waals surface area contributed by atoms with Crippen molar-refractivity contribution in [3.05, 3.63) is 52.1 Å². The minimum absolute atomic E-state index is 0.197. The Kier molecular flexibility index (Phi) is 3.79. The Morgan fingerprint density at radius 3 is 2.33 bits per heavy atom. The number of benzene rings is 1. The molecule has 0 aliphatic heterocycles. The molecule has 1 aromatic heterocycles. The third-order valence-corrected chi connectivity index (χ3v) is 3.53. The van der Waals surface area contributed by atoms with Crippen LogP contribution in [0.2, 0.25) is 0 Å². The summed E-state index contributed by atoms with van der Waals surface area (Å²) in [6.45, 7) is 3.51. The highest BCUT2D eigenvalue weighted by molar-refractivity contribution is 5.39. The van der Waals surface area contributed by atoms with Crippen LogP contribution >= 0.6 is 0 Å². The Hall–Kier alpha value is -1.89. The molecular formula is C14H15F4N3. The predicted octanol–water partition coefficient (Wildman–Crippen LogP) is 3.24. The van der Waals surface area contributed by atoms with Crippen molar-refractivity contribution >= 4 is 0 Å². The first-order valence-corrected chi connectivity index (χ1v) is 6.25. The normalized spacial score (nSPS) is 13.5. The largest absolute Gasteiger partial charge is 0.419 e. The molecule has 0 fully saturated rings. The number of aryl methyl sites for hydroxylation is 2. The van der Waals surface area contributed by atoms with Crippen molar-refractivity contribution in [1.82, 2.24) is 9.78 Å². The first-order chi connectivity index (χ1) is 9.62. The van der Waals surface area contributed by atoms with Gasteiger partial charge in [-0.15, -0.1) is 0 Å². The van der Waals surface area contributed by atoms with Crippen molar-refractivity contribution in [2.24, 2.45) is 12.8 Å². The molecule has 7 heteroatoms. The van der Waals surface area contributed by atoms with Gasteiger partial charge in [-0.25, -0.2) is 4.39 Å². The van der Waals surface area contributed by atoms with Crippen molar-refractivity contribution < 1.29 is 17.6 Å². The molecular weight excluding hydrogens is 286 g/mol. The summed E-state index contributed by atoms with van der Waals surface area (Å²) in [5, 5.41) is 4.19. The zero-order valence-electron chi connectivity index (χ0n) is 11.8. The van der Waals surface area contributed by atoms with E-state index in [2.05, 4.69) is 5.10 Å². The lowest BCUT2D eigenvalue weighted by molar-refractivity contribution is -0.140. The molecule has 0 saturated heterocycles. The summed E-state index contributed by atoms with van der Waals surface area (Å²) < 4.78 is 53.2. The van der Waals surface area contributed by atoms with Gasteiger partial charge in [-0.2, -0.15) is 18.3 Å². The highest BCUT2D eigenvalue weighted by atomic mass is 19.4. The Labute approximate surface area is 119 Å². The van der Waals surface area contributed by atoms with Gasteiger partial charge in [-0.1, -0.05) is 6.07 Å². The lowest BCUT2D eigenvalue weighted by atomic mass is 9.96. The zero-order valence-corrected chi connectivity index (χ0v) is 11.8. The minimum atomic E-state index is -4.75. The van der Waals surface area contributed by atoms with Crippen molar-refractivity contribution in [2.75, 3.05) is 0 Å². The highest BCUT2D eigenvalue weighted by Crippen LogP contribution is 2.34. The van der Waals surface area contributed by atoms with E-state index in [-0.39, 0.29) is 5.56 Å². The van der Waals surface area contributed by atoms with Crippen molar-refractivity contribution in [3.63, 3.8) is 0 Å². The lowest BCUT2D eigenvalue weighted by Gasteiger charge is -2.16. The third-order valence-electron chi connectivity index (χ3n) is 3.53. The SMILES string of the molecule is Cc1nn(C)c(C)c1C(N)c1ccc(F)c(C(F)(F)F)c1. The molecule has 2 rings (SSSR count). The predicted molar refractivity (Wildman–Crippen MR) is 70.1 cm³/mol. The van der Waals surface area contributed by atoms with Crippen LogP contribution in [-0.2, 0) is 13.2 Å². The van der Waals surface area contributed by atoms with E-state index in [9.17, 15) is 17.6 Å². The molecule has 2 N–H and O–H groups in total. The number of halogens is 4. The van der Waals surface area contributed by atoms with E-state index in [0.29, 0.717) is 11.3 Å². The first kappa shape index (κ1) is 15.5. The summed E-state index contributed by atoms with van der Waals surface area (Å²) in [6.07, 6.45) is -4.75. The molecule has 0 spiro atoms. The number of nitrogens with zero attached hydrogens (tertiary/aromatic N) is 2. The van der Waals surface area contributed by atoms with Gasteiger partial charge >= 0.3 is 6.18 Å². The Balaban J connectivity index is 2.52. The van der Waals surface area contributed by atoms with Crippen LogP contribution in [0.4, 0.5) is 17.6 Å². The van der Waals surface area contributed by atoms with Crippen LogP contribution < -0.4 is 5.73 Å². The van der Waals surface area contributed by atoms with Gasteiger partial charge in [-0.3, -0.25) is 4.68 Å². The number of hydrogen-bond acceptors (Lipinski definition) is 2. The average molecular weight is 301 g/mol. The monoisotopic (exact) mass is 301 g/mol. The number of alkyl halides is 3. The molecule has 3 nitrogen and oxygen atoms in total. The van der Waals surface area contributed by atoms with Gasteiger partial charge in [0.25, 0.3) is 0 Å². The van der Waals surface area contributed by atoms with Gasteiger partial charge in [0.05, 0.1) is 17.3 Å². The molecule has 0 amide bonds. The van der Waals surface area contributed by atoms with Crippen LogP contribution in [0, 0.1) is 19.7 Å². The molecule has 0 saturated carbocycles. The zero-order chi connectivity index (χ0) is 15.9. The fraction of sp³-hybridized carbons (Fsp3) is 0.357. The molecule has 0 radical (unpaired) electrons. The molecule has 114 valence electrons. The summed E-state index contributed by atoms with van der Waals surface area (Å²) in [5.74, 6) is -1.31. The van der Waals surface area contributed by atoms with E-state index in [4.69, 9.17) is 5.73 Å². The summed E-state index contributed by atoms with van der Waals surface area (Å²) in [7, 11) is 1.73. The van der Waals surface area contributed by atoms with E-state index in [1.807, 2.05) is 0 Å². The summed E-state index contributed by atoms with van der Waals surface area (Å²) >= 11 is 0. The molecule has 2 aromatic rings. The quantitative estimate of drug-likeness (QED) is 0.865. The van der Waals surface area contributed by atoms with E-state index >= 15 is 0 Å². The van der Waals surface area contributed by atoms with Crippen LogP contribution in [0.5, 0.6) is 0 Å². The second-order valence-electron chi connectivity index (χ2n) is 4.92. The number of nitrogens with two attached hydrogens (primary N) is 1. The van der Waals surface area contributed by atoms with Crippen molar-refractivity contribution in [2.45, 2.75) is 26.1 Å². The molecule has 0 aliphatic rings. The summed E-state index contributed by atoms with van der Waals surface area (Å²) in [5.41, 5.74) is 6.99. The summed E-state index contributed by atoms with van der Waals surface area (Å²) in [4.78, 5) is 0. The number of hydrogen-bond donors (Lipinski definition) is 1. The molecule has 0 aliphatic carbocycles. The fourth-order valence-corrected chi connectivity index (χ4v) is 2.36. The fourth-order valence-electron chi connectivity index (χ4n) is 2.36. The van der Waals surface area contributed by atoms with E-state index in [1.54, 1.807) is 25.6 Å². The van der Waals surface area contributed by atoms with Crippen LogP contribution in [0.3, 0.4) is 0 Å². The van der Waals surface area contributed by atoms with Gasteiger partial charge in [0.1, 0.15) is 5.82 Å². The molecule has 0 bridgehead atoms. The highest BCUT2D eigenvalue weighted by Gasteiger charge is 2.35. The Morgan fingerprint density at radius 2 is 1.86 bits per heavy atom. The van der Waals surface area contributed by atoms with E-state index < -0.39 is 23.6 Å². The molecule has 1 aromatic carbocycles. The number of aromatic nitrogens is 2. The smallest absolute Gasteiger partial charge is 0.320 e. The first-order valence-electron chi connectivity index (χ1n) is 6.25. The Bertz CT molecular complexity index is 674. The van der Waals surface area contributed by atoms with Gasteiger partial charge < -0.3 is 5.73 Å². The topological polar surface area (TPSA) is 43.8 Å². The van der Waals surface area contributed by atoms with Crippen molar-refractivity contribution in [1.29, 1.82) is 0 Å². The van der Waals surface area contributed by atoms with Crippen LogP contribution in [0.1, 0.15) is 34.1 Å². The van der Waals surface area contributed by atoms with Gasteiger partial charge in [0.15, 0.2) is 0 Å². The average Bonchev–Trinajstić information content (AvgIpc) is 2.61. The lowest BCUT2D eigenvalue weighted by Crippen LogP contribution is -2.16. The maximum atomic E-state index is 13.3. The molecule has 1 heterocycles. The third kappa shape index (κ3) is 2.78. The van der Waals surface area contributed by atoms with Crippen LogP contribution in [0.25, 0.3) is 0 Å². The molecule has 1 unspecified atom stereocenters. The van der Waals surface area contributed by atoms with Crippen LogP contribution in [-0.4, -0.2) is 9.78 Å². The molecule has 21 heavy (non-hydrogen) atoms. The maximum Gasteiger partial charge on any atom is 0.419 e. The van der Waals surface area contributed by atoms with E-state index in [1.165, 1.54) is 6.07 Å². The standard InChI is InChI=1S/C14H15F4N3/c1-7-12(8(2)21(3)20-7)13(19)9-4-5-11(15)10(6-9)14(16,17)18/h4-6,13H,19H2,1-3H3. The molecule has 1 atom stereocenters. The van der Waals surface area contributed by atoms with Crippen LogP contribution in [0.15, 0.2) is 18.2 Å². The van der Waals surface area contributed by atoms with E-state index in [0.717, 1.165) is 17.8 Å². The van der Waals surface area contributed by atoms with Crippen molar-refractivity contribution in [3.8, 4) is 0 Å². The maximum absolute atomic E-state index is 13.3. The second kappa shape index (κ2) is 5.14. The van der Waals surface area contributed by atoms with Gasteiger partial charge in [0, 0.05) is 18.3 Å². The second-order valence-corrected chi connectivity index (χ2v) is 4.92. The Morgan fingerprint density at radius 1 is 1.24 bits per heavy atom. The van der Waals surface area contributed by atoms with Gasteiger partial charge in [-0.05, 0) is 31.5 Å². The summed E-state index contributed by atoms with van der Waals surface area (Å²) in [6, 6.07) is 2.02.